The molecule has 3 nitrogen and oxygen atoms in total. The Kier molecular flexibility index (Phi) is 5.11. The van der Waals surface area contributed by atoms with Crippen molar-refractivity contribution in [3.05, 3.63) is 27.2 Å². The molecule has 0 aromatic heterocycles. The van der Waals surface area contributed by atoms with Gasteiger partial charge in [0.2, 0.25) is 0 Å². The first-order chi connectivity index (χ1) is 12.1. The predicted molar refractivity (Wildman–Crippen MR) is 109 cm³/mol. The van der Waals surface area contributed by atoms with Gasteiger partial charge in [0.15, 0.2) is 11.5 Å². The number of phenols is 2. The van der Waals surface area contributed by atoms with Crippen molar-refractivity contribution in [3.63, 3.8) is 0 Å². The third-order valence-corrected chi connectivity index (χ3v) is 7.95. The highest BCUT2D eigenvalue weighted by Crippen LogP contribution is 2.60. The van der Waals surface area contributed by atoms with Gasteiger partial charge in [-0.3, -0.25) is 0 Å². The van der Waals surface area contributed by atoms with E-state index in [0.29, 0.717) is 22.2 Å². The number of ether oxygens (including phenoxy) is 1. The normalized spacial score (nSPS) is 28.0. The van der Waals surface area contributed by atoms with Crippen molar-refractivity contribution in [2.75, 3.05) is 7.11 Å². The Morgan fingerprint density at radius 3 is 2.58 bits per heavy atom. The zero-order valence-electron chi connectivity index (χ0n) is 16.6. The van der Waals surface area contributed by atoms with Gasteiger partial charge >= 0.3 is 0 Å². The van der Waals surface area contributed by atoms with Gasteiger partial charge in [0, 0.05) is 11.6 Å². The van der Waals surface area contributed by atoms with Crippen molar-refractivity contribution in [2.24, 2.45) is 16.7 Å². The molecule has 2 N–H and O–H groups in total. The maximum Gasteiger partial charge on any atom is 0.172 e. The van der Waals surface area contributed by atoms with Crippen molar-refractivity contribution in [1.29, 1.82) is 0 Å². The molecule has 0 radical (unpaired) electrons. The minimum Gasteiger partial charge on any atom is -0.507 e. The van der Waals surface area contributed by atoms with Crippen LogP contribution in [-0.4, -0.2) is 17.3 Å². The summed E-state index contributed by atoms with van der Waals surface area (Å²) in [5.41, 5.74) is 4.15. The van der Waals surface area contributed by atoms with Crippen LogP contribution in [0.25, 0.3) is 0 Å². The van der Waals surface area contributed by atoms with Gasteiger partial charge in [-0.05, 0) is 71.7 Å². The summed E-state index contributed by atoms with van der Waals surface area (Å²) in [5, 5.41) is 21.0. The smallest absolute Gasteiger partial charge is 0.172 e. The lowest BCUT2D eigenvalue weighted by atomic mass is 9.50. The lowest BCUT2D eigenvalue weighted by Crippen LogP contribution is -2.45. The van der Waals surface area contributed by atoms with Crippen molar-refractivity contribution in [3.8, 4) is 17.2 Å². The Morgan fingerprint density at radius 2 is 1.92 bits per heavy atom. The fourth-order valence-corrected chi connectivity index (χ4v) is 6.23. The number of benzene rings is 1. The Bertz CT molecular complexity index is 750. The summed E-state index contributed by atoms with van der Waals surface area (Å²) in [6, 6.07) is 1.51. The van der Waals surface area contributed by atoms with Gasteiger partial charge in [0.25, 0.3) is 0 Å². The van der Waals surface area contributed by atoms with E-state index in [1.807, 2.05) is 0 Å². The third kappa shape index (κ3) is 3.04. The topological polar surface area (TPSA) is 49.7 Å². The van der Waals surface area contributed by atoms with Crippen molar-refractivity contribution in [2.45, 2.75) is 66.2 Å². The lowest BCUT2D eigenvalue weighted by molar-refractivity contribution is 0.0112. The van der Waals surface area contributed by atoms with E-state index in [1.165, 1.54) is 50.0 Å². The van der Waals surface area contributed by atoms with E-state index >= 15 is 0 Å². The molecule has 0 bridgehead atoms. The van der Waals surface area contributed by atoms with Gasteiger partial charge < -0.3 is 14.9 Å². The van der Waals surface area contributed by atoms with Gasteiger partial charge in [-0.25, -0.2) is 0 Å². The number of hydrogen-bond acceptors (Lipinski definition) is 3. The van der Waals surface area contributed by atoms with E-state index in [9.17, 15) is 10.2 Å². The Labute approximate surface area is 165 Å². The van der Waals surface area contributed by atoms with E-state index in [4.69, 9.17) is 4.74 Å². The van der Waals surface area contributed by atoms with Gasteiger partial charge in [0.05, 0.1) is 11.6 Å². The second kappa shape index (κ2) is 6.78. The number of rotatable bonds is 3. The molecular formula is C22H31BrO3. The minimum absolute atomic E-state index is 0.0556. The first-order valence-electron chi connectivity index (χ1n) is 9.58. The largest absolute Gasteiger partial charge is 0.507 e. The lowest BCUT2D eigenvalue weighted by Gasteiger charge is -2.55. The number of allylic oxidation sites excluding steroid dienone is 2. The maximum absolute atomic E-state index is 10.6. The molecule has 2 aliphatic rings. The Morgan fingerprint density at radius 1 is 1.23 bits per heavy atom. The SMILES string of the molecule is COc1cc(O)c(CC2=C(C)CC[C@H]3C(C)(C)CCC[C@]23C)c(Br)c1O. The zero-order chi connectivity index (χ0) is 19.3. The summed E-state index contributed by atoms with van der Waals surface area (Å²) in [5.74, 6) is 1.18. The summed E-state index contributed by atoms with van der Waals surface area (Å²) >= 11 is 3.48. The summed E-state index contributed by atoms with van der Waals surface area (Å²) in [6.45, 7) is 9.50. The van der Waals surface area contributed by atoms with Crippen molar-refractivity contribution < 1.29 is 14.9 Å². The highest BCUT2D eigenvalue weighted by Gasteiger charge is 2.50. The number of aromatic hydroxyl groups is 2. The number of methoxy groups -OCH3 is 1. The fraction of sp³-hybridized carbons (Fsp3) is 0.636. The average molecular weight is 423 g/mol. The molecule has 4 heteroatoms. The monoisotopic (exact) mass is 422 g/mol. The van der Waals surface area contributed by atoms with Crippen LogP contribution in [0.4, 0.5) is 0 Å². The van der Waals surface area contributed by atoms with E-state index in [1.54, 1.807) is 0 Å². The second-order valence-corrected chi connectivity index (χ2v) is 9.82. The molecule has 0 spiro atoms. The molecule has 1 fully saturated rings. The van der Waals surface area contributed by atoms with Gasteiger partial charge in [0.1, 0.15) is 5.75 Å². The molecule has 2 atom stereocenters. The molecule has 0 saturated heterocycles. The standard InChI is InChI=1S/C22H31BrO3/c1-13-7-8-18-21(2,3)9-6-10-22(18,4)15(13)11-14-16(24)12-17(26-5)20(25)19(14)23/h12,18,24-25H,6-11H2,1-5H3/t18-,22+/m0/s1. The molecule has 2 aliphatic carbocycles. The molecule has 0 unspecified atom stereocenters. The number of phenolic OH excluding ortho intramolecular Hbond substituents is 2. The molecule has 3 rings (SSSR count). The molecular weight excluding hydrogens is 392 g/mol. The highest BCUT2D eigenvalue weighted by molar-refractivity contribution is 9.10. The van der Waals surface area contributed by atoms with E-state index < -0.39 is 0 Å². The first kappa shape index (κ1) is 19.6. The minimum atomic E-state index is 0.0556. The van der Waals surface area contributed by atoms with Crippen LogP contribution >= 0.6 is 15.9 Å². The number of halogens is 1. The molecule has 0 amide bonds. The van der Waals surface area contributed by atoms with Crippen LogP contribution in [0.15, 0.2) is 21.7 Å². The van der Waals surface area contributed by atoms with Gasteiger partial charge in [-0.1, -0.05) is 38.3 Å². The van der Waals surface area contributed by atoms with Gasteiger partial charge in [-0.2, -0.15) is 0 Å². The fourth-order valence-electron chi connectivity index (χ4n) is 5.69. The van der Waals surface area contributed by atoms with Crippen LogP contribution in [0, 0.1) is 16.7 Å². The Balaban J connectivity index is 2.05. The number of hydrogen-bond donors (Lipinski definition) is 2. The van der Waals surface area contributed by atoms with E-state index in [2.05, 4.69) is 43.6 Å². The quantitative estimate of drug-likeness (QED) is 0.440. The highest BCUT2D eigenvalue weighted by atomic mass is 79.9. The van der Waals surface area contributed by atoms with Crippen molar-refractivity contribution >= 4 is 15.9 Å². The predicted octanol–water partition coefficient (Wildman–Crippen LogP) is 6.35. The van der Waals surface area contributed by atoms with Crippen LogP contribution in [0.5, 0.6) is 17.2 Å². The molecule has 0 aliphatic heterocycles. The molecule has 1 aromatic carbocycles. The molecule has 1 saturated carbocycles. The van der Waals surface area contributed by atoms with Crippen LogP contribution < -0.4 is 4.74 Å². The van der Waals surface area contributed by atoms with Gasteiger partial charge in [-0.15, -0.1) is 0 Å². The summed E-state index contributed by atoms with van der Waals surface area (Å²) in [6.07, 6.45) is 6.78. The average Bonchev–Trinajstić information content (AvgIpc) is 2.56. The van der Waals surface area contributed by atoms with Crippen LogP contribution in [0.2, 0.25) is 0 Å². The van der Waals surface area contributed by atoms with Crippen LogP contribution in [0.1, 0.15) is 65.4 Å². The summed E-state index contributed by atoms with van der Waals surface area (Å²) < 4.78 is 5.69. The molecule has 1 aromatic rings. The van der Waals surface area contributed by atoms with Crippen molar-refractivity contribution in [1.82, 2.24) is 0 Å². The zero-order valence-corrected chi connectivity index (χ0v) is 18.2. The first-order valence-corrected chi connectivity index (χ1v) is 10.4. The summed E-state index contributed by atoms with van der Waals surface area (Å²) in [7, 11) is 1.49. The third-order valence-electron chi connectivity index (χ3n) is 7.10. The molecule has 0 heterocycles. The van der Waals surface area contributed by atoms with E-state index in [-0.39, 0.29) is 22.7 Å². The number of fused-ring (bicyclic) bond motifs is 1. The van der Waals surface area contributed by atoms with Crippen LogP contribution in [0.3, 0.4) is 0 Å². The molecule has 144 valence electrons. The molecule has 26 heavy (non-hydrogen) atoms. The summed E-state index contributed by atoms with van der Waals surface area (Å²) in [4.78, 5) is 0. The van der Waals surface area contributed by atoms with E-state index in [0.717, 1.165) is 12.0 Å². The van der Waals surface area contributed by atoms with Crippen LogP contribution in [-0.2, 0) is 6.42 Å². The second-order valence-electron chi connectivity index (χ2n) is 9.03. The Hall–Kier alpha value is -1.16. The maximum atomic E-state index is 10.6.